The summed E-state index contributed by atoms with van der Waals surface area (Å²) >= 11 is 0. The maximum atomic E-state index is 2.12. The fourth-order valence-corrected chi connectivity index (χ4v) is 1.71. The second kappa shape index (κ2) is 21.0. The zero-order valence-electron chi connectivity index (χ0n) is 19.5. The summed E-state index contributed by atoms with van der Waals surface area (Å²) in [4.78, 5) is 0. The van der Waals surface area contributed by atoms with Gasteiger partial charge in [0.15, 0.2) is 0 Å². The minimum absolute atomic E-state index is 1.25. The third-order valence-corrected chi connectivity index (χ3v) is 3.52. The van der Waals surface area contributed by atoms with Gasteiger partial charge in [-0.1, -0.05) is 125 Å². The lowest BCUT2D eigenvalue weighted by molar-refractivity contribution is 1.09. The van der Waals surface area contributed by atoms with E-state index in [-0.39, 0.29) is 0 Å². The minimum atomic E-state index is 1.25. The lowest BCUT2D eigenvalue weighted by Crippen LogP contribution is -1.74. The van der Waals surface area contributed by atoms with Crippen LogP contribution in [0.2, 0.25) is 0 Å². The maximum absolute atomic E-state index is 2.12. The third kappa shape index (κ3) is 18.5. The summed E-state index contributed by atoms with van der Waals surface area (Å²) in [5.41, 5.74) is 5.47. The zero-order chi connectivity index (χ0) is 21.6. The average molecular weight is 379 g/mol. The van der Waals surface area contributed by atoms with Crippen molar-refractivity contribution in [1.29, 1.82) is 0 Å². The molecule has 0 aliphatic rings. The van der Waals surface area contributed by atoms with Gasteiger partial charge < -0.3 is 0 Å². The molecule has 0 spiro atoms. The van der Waals surface area contributed by atoms with Crippen LogP contribution >= 0.6 is 0 Å². The topological polar surface area (TPSA) is 0 Å². The van der Waals surface area contributed by atoms with Crippen molar-refractivity contribution in [2.75, 3.05) is 0 Å². The first-order valence-corrected chi connectivity index (χ1v) is 10.5. The van der Waals surface area contributed by atoms with E-state index < -0.39 is 0 Å². The Morgan fingerprint density at radius 2 is 0.500 bits per heavy atom. The molecule has 0 saturated heterocycles. The molecule has 0 fully saturated rings. The van der Waals surface area contributed by atoms with Crippen molar-refractivity contribution in [3.05, 3.63) is 107 Å². The Hall–Kier alpha value is -2.34. The van der Waals surface area contributed by atoms with E-state index in [0.717, 1.165) is 0 Å². The van der Waals surface area contributed by atoms with Crippen molar-refractivity contribution >= 4 is 0 Å². The van der Waals surface area contributed by atoms with Crippen molar-refractivity contribution in [2.45, 2.75) is 68.2 Å². The van der Waals surface area contributed by atoms with Crippen molar-refractivity contribution in [3.63, 3.8) is 0 Å². The summed E-state index contributed by atoms with van der Waals surface area (Å²) < 4.78 is 0. The molecular weight excluding hydrogens is 336 g/mol. The number of hydrogen-bond donors (Lipinski definition) is 0. The van der Waals surface area contributed by atoms with E-state index >= 15 is 0 Å². The normalized spacial score (nSPS) is 8.29. The Balaban J connectivity index is 0. The van der Waals surface area contributed by atoms with Crippen molar-refractivity contribution in [2.24, 2.45) is 0 Å². The van der Waals surface area contributed by atoms with E-state index in [1.165, 1.54) is 35.1 Å². The van der Waals surface area contributed by atoms with E-state index in [9.17, 15) is 0 Å². The van der Waals surface area contributed by atoms with Crippen molar-refractivity contribution in [1.82, 2.24) is 0 Å². The number of benzene rings is 3. The van der Waals surface area contributed by atoms with Crippen LogP contribution in [0.25, 0.3) is 0 Å². The Morgan fingerprint density at radius 3 is 0.607 bits per heavy atom. The highest BCUT2D eigenvalue weighted by molar-refractivity contribution is 5.24. The van der Waals surface area contributed by atoms with Gasteiger partial charge in [-0.3, -0.25) is 0 Å². The van der Waals surface area contributed by atoms with Crippen LogP contribution < -0.4 is 0 Å². The van der Waals surface area contributed by atoms with Gasteiger partial charge in [0.1, 0.15) is 0 Å². The Morgan fingerprint density at radius 1 is 0.357 bits per heavy atom. The summed E-state index contributed by atoms with van der Waals surface area (Å²) in [5, 5.41) is 0. The third-order valence-electron chi connectivity index (χ3n) is 3.52. The first-order valence-electron chi connectivity index (χ1n) is 10.5. The molecule has 0 atom stereocenters. The number of aryl methyl sites for hydroxylation is 4. The van der Waals surface area contributed by atoms with Crippen LogP contribution in [0.1, 0.15) is 62.8 Å². The molecule has 0 radical (unpaired) electrons. The molecule has 0 aliphatic carbocycles. The second-order valence-corrected chi connectivity index (χ2v) is 6.74. The lowest BCUT2D eigenvalue weighted by Gasteiger charge is -1.93. The van der Waals surface area contributed by atoms with Gasteiger partial charge in [-0.25, -0.2) is 0 Å². The fraction of sp³-hybridized carbons (Fsp3) is 0.357. The van der Waals surface area contributed by atoms with Crippen molar-refractivity contribution < 1.29 is 0 Å². The standard InChI is InChI=1S/2C8H10.C6H6.2C3H8/c2*1-7-5-3-4-6-8(7)2;1-2-4-6-5-3-1;2*1-3-2/h2*3-6H,1-2H3;1-6H;2*3H2,1-2H3. The fourth-order valence-electron chi connectivity index (χ4n) is 1.71. The monoisotopic (exact) mass is 378 g/mol. The molecule has 3 rings (SSSR count). The highest BCUT2D eigenvalue weighted by Gasteiger charge is 1.84. The molecule has 3 aromatic carbocycles. The van der Waals surface area contributed by atoms with E-state index in [0.29, 0.717) is 0 Å². The SMILES string of the molecule is CCC.CCC.Cc1ccccc1C.Cc1ccccc1C.c1ccccc1. The van der Waals surface area contributed by atoms with Crippen LogP contribution in [0, 0.1) is 27.7 Å². The number of hydrogen-bond acceptors (Lipinski definition) is 0. The average Bonchev–Trinajstić information content (AvgIpc) is 2.70. The van der Waals surface area contributed by atoms with Gasteiger partial charge in [-0.15, -0.1) is 0 Å². The predicted molar refractivity (Wildman–Crippen MR) is 130 cm³/mol. The molecule has 154 valence electrons. The first kappa shape index (κ1) is 27.9. The molecule has 0 N–H and O–H groups in total. The molecule has 0 saturated carbocycles. The highest BCUT2D eigenvalue weighted by Crippen LogP contribution is 2.03. The predicted octanol–water partition coefficient (Wildman–Crippen LogP) is 9.13. The van der Waals surface area contributed by atoms with Gasteiger partial charge >= 0.3 is 0 Å². The van der Waals surface area contributed by atoms with Crippen LogP contribution in [0.4, 0.5) is 0 Å². The van der Waals surface area contributed by atoms with Gasteiger partial charge in [0.25, 0.3) is 0 Å². The summed E-state index contributed by atoms with van der Waals surface area (Å²) in [6, 6.07) is 28.7. The summed E-state index contributed by atoms with van der Waals surface area (Å²) in [7, 11) is 0. The van der Waals surface area contributed by atoms with Crippen LogP contribution in [0.15, 0.2) is 84.9 Å². The van der Waals surface area contributed by atoms with Crippen LogP contribution in [0.5, 0.6) is 0 Å². The molecule has 28 heavy (non-hydrogen) atoms. The Bertz CT molecular complexity index is 554. The molecule has 0 aromatic heterocycles. The first-order chi connectivity index (χ1) is 13.4. The number of rotatable bonds is 0. The minimum Gasteiger partial charge on any atom is -0.0656 e. The molecule has 0 bridgehead atoms. The molecule has 0 nitrogen and oxygen atoms in total. The second-order valence-electron chi connectivity index (χ2n) is 6.74. The molecular formula is C28H42. The van der Waals surface area contributed by atoms with E-state index in [4.69, 9.17) is 0 Å². The van der Waals surface area contributed by atoms with Gasteiger partial charge in [-0.2, -0.15) is 0 Å². The Labute approximate surface area is 175 Å². The molecule has 0 heterocycles. The molecule has 0 amide bonds. The smallest absolute Gasteiger partial charge is 0.0395 e. The molecule has 0 aliphatic heterocycles. The Kier molecular flexibility index (Phi) is 20.9. The molecule has 0 unspecified atom stereocenters. The van der Waals surface area contributed by atoms with Gasteiger partial charge in [0.05, 0.1) is 0 Å². The molecule has 0 heteroatoms. The van der Waals surface area contributed by atoms with Gasteiger partial charge in [-0.05, 0) is 49.9 Å². The summed E-state index contributed by atoms with van der Waals surface area (Å²) in [5.74, 6) is 0. The largest absolute Gasteiger partial charge is 0.0656 e. The van der Waals surface area contributed by atoms with Gasteiger partial charge in [0.2, 0.25) is 0 Å². The van der Waals surface area contributed by atoms with Crippen molar-refractivity contribution in [3.8, 4) is 0 Å². The van der Waals surface area contributed by atoms with Crippen LogP contribution in [0.3, 0.4) is 0 Å². The summed E-state index contributed by atoms with van der Waals surface area (Å²) in [6.07, 6.45) is 2.50. The summed E-state index contributed by atoms with van der Waals surface area (Å²) in [6.45, 7) is 17.0. The maximum Gasteiger partial charge on any atom is -0.0395 e. The lowest BCUT2D eigenvalue weighted by atomic mass is 10.1. The van der Waals surface area contributed by atoms with E-state index in [1.807, 2.05) is 36.4 Å². The van der Waals surface area contributed by atoms with Gasteiger partial charge in [0, 0.05) is 0 Å². The van der Waals surface area contributed by atoms with E-state index in [2.05, 4.69) is 104 Å². The zero-order valence-corrected chi connectivity index (χ0v) is 19.5. The van der Waals surface area contributed by atoms with E-state index in [1.54, 1.807) is 0 Å². The van der Waals surface area contributed by atoms with Crippen LogP contribution in [-0.2, 0) is 0 Å². The van der Waals surface area contributed by atoms with Crippen LogP contribution in [-0.4, -0.2) is 0 Å². The molecule has 3 aromatic rings. The highest BCUT2D eigenvalue weighted by atomic mass is 13.9. The quantitative estimate of drug-likeness (QED) is 0.366.